The van der Waals surface area contributed by atoms with Gasteiger partial charge in [0.05, 0.1) is 11.3 Å². The standard InChI is InChI=1S/C17H22N4OS/c1-6-13-12(4)23-17(15(13)9-18)19-16(22)8-7-14-10(2)20-21(5)11(14)3/h6-8H2,1-5H3,(H,19,22). The SMILES string of the molecule is CCc1c(C)sc(NC(=O)CCc2c(C)nn(C)c2C)c1C#N. The van der Waals surface area contributed by atoms with Gasteiger partial charge < -0.3 is 5.32 Å². The van der Waals surface area contributed by atoms with Crippen LogP contribution in [-0.2, 0) is 24.7 Å². The number of nitriles is 1. The van der Waals surface area contributed by atoms with Gasteiger partial charge in [0, 0.05) is 24.0 Å². The van der Waals surface area contributed by atoms with E-state index in [9.17, 15) is 10.1 Å². The van der Waals surface area contributed by atoms with Crippen molar-refractivity contribution in [2.24, 2.45) is 7.05 Å². The Morgan fingerprint density at radius 3 is 2.57 bits per heavy atom. The van der Waals surface area contributed by atoms with Crippen molar-refractivity contribution in [3.05, 3.63) is 33.0 Å². The van der Waals surface area contributed by atoms with Gasteiger partial charge in [-0.3, -0.25) is 9.48 Å². The van der Waals surface area contributed by atoms with E-state index in [2.05, 4.69) is 16.5 Å². The maximum atomic E-state index is 12.3. The lowest BCUT2D eigenvalue weighted by molar-refractivity contribution is -0.116. The molecule has 1 amide bonds. The molecule has 0 unspecified atom stereocenters. The van der Waals surface area contributed by atoms with Gasteiger partial charge in [-0.25, -0.2) is 0 Å². The maximum absolute atomic E-state index is 12.3. The number of amides is 1. The van der Waals surface area contributed by atoms with Crippen LogP contribution in [0.1, 0.15) is 46.3 Å². The van der Waals surface area contributed by atoms with E-state index in [-0.39, 0.29) is 5.91 Å². The van der Waals surface area contributed by atoms with Crippen molar-refractivity contribution in [1.29, 1.82) is 5.26 Å². The number of carbonyl (C=O) groups excluding carboxylic acids is 1. The van der Waals surface area contributed by atoms with Crippen LogP contribution in [0.25, 0.3) is 0 Å². The Hall–Kier alpha value is -2.13. The number of aryl methyl sites for hydroxylation is 3. The third kappa shape index (κ3) is 3.45. The highest BCUT2D eigenvalue weighted by Gasteiger charge is 2.17. The smallest absolute Gasteiger partial charge is 0.225 e. The minimum absolute atomic E-state index is 0.0620. The molecule has 2 aromatic rings. The molecule has 0 aliphatic heterocycles. The molecule has 2 rings (SSSR count). The number of hydrogen-bond donors (Lipinski definition) is 1. The summed E-state index contributed by atoms with van der Waals surface area (Å²) in [7, 11) is 1.91. The molecule has 5 nitrogen and oxygen atoms in total. The molecule has 0 aliphatic carbocycles. The average Bonchev–Trinajstić information content (AvgIpc) is 2.93. The molecule has 0 atom stereocenters. The molecule has 0 spiro atoms. The van der Waals surface area contributed by atoms with Crippen LogP contribution in [0.4, 0.5) is 5.00 Å². The molecule has 0 aromatic carbocycles. The van der Waals surface area contributed by atoms with Crippen LogP contribution in [0.5, 0.6) is 0 Å². The van der Waals surface area contributed by atoms with Crippen molar-refractivity contribution < 1.29 is 4.79 Å². The summed E-state index contributed by atoms with van der Waals surface area (Å²) in [6, 6.07) is 2.22. The topological polar surface area (TPSA) is 70.7 Å². The fourth-order valence-electron chi connectivity index (χ4n) is 2.82. The molecule has 23 heavy (non-hydrogen) atoms. The second-order valence-corrected chi connectivity index (χ2v) is 6.85. The maximum Gasteiger partial charge on any atom is 0.225 e. The van der Waals surface area contributed by atoms with E-state index in [4.69, 9.17) is 0 Å². The van der Waals surface area contributed by atoms with E-state index >= 15 is 0 Å². The van der Waals surface area contributed by atoms with Crippen molar-refractivity contribution >= 4 is 22.2 Å². The first-order valence-electron chi connectivity index (χ1n) is 7.70. The van der Waals surface area contributed by atoms with Crippen LogP contribution in [0, 0.1) is 32.1 Å². The van der Waals surface area contributed by atoms with Crippen molar-refractivity contribution in [2.45, 2.75) is 47.0 Å². The number of rotatable bonds is 5. The summed E-state index contributed by atoms with van der Waals surface area (Å²) in [5.41, 5.74) is 4.83. The van der Waals surface area contributed by atoms with Gasteiger partial charge in [0.25, 0.3) is 0 Å². The number of thiophene rings is 1. The number of aromatic nitrogens is 2. The second kappa shape index (κ2) is 6.97. The number of hydrogen-bond acceptors (Lipinski definition) is 4. The zero-order valence-electron chi connectivity index (χ0n) is 14.3. The summed E-state index contributed by atoms with van der Waals surface area (Å²) < 4.78 is 1.84. The lowest BCUT2D eigenvalue weighted by atomic mass is 10.1. The molecule has 6 heteroatoms. The van der Waals surface area contributed by atoms with Crippen molar-refractivity contribution in [1.82, 2.24) is 9.78 Å². The predicted octanol–water partition coefficient (Wildman–Crippen LogP) is 3.41. The Morgan fingerprint density at radius 2 is 2.04 bits per heavy atom. The Bertz CT molecular complexity index is 780. The van der Waals surface area contributed by atoms with E-state index in [1.807, 2.05) is 39.4 Å². The zero-order chi connectivity index (χ0) is 17.1. The molecule has 2 aromatic heterocycles. The predicted molar refractivity (Wildman–Crippen MR) is 92.8 cm³/mol. The molecular weight excluding hydrogens is 308 g/mol. The molecule has 0 saturated heterocycles. The normalized spacial score (nSPS) is 10.6. The van der Waals surface area contributed by atoms with Crippen LogP contribution in [0.3, 0.4) is 0 Å². The van der Waals surface area contributed by atoms with Crippen molar-refractivity contribution in [2.75, 3.05) is 5.32 Å². The molecule has 0 aliphatic rings. The Morgan fingerprint density at radius 1 is 1.35 bits per heavy atom. The fourth-order valence-corrected chi connectivity index (χ4v) is 3.93. The summed E-state index contributed by atoms with van der Waals surface area (Å²) in [5.74, 6) is -0.0620. The van der Waals surface area contributed by atoms with Crippen LogP contribution in [-0.4, -0.2) is 15.7 Å². The first kappa shape index (κ1) is 17.2. The minimum atomic E-state index is -0.0620. The Balaban J connectivity index is 2.08. The van der Waals surface area contributed by atoms with Gasteiger partial charge in [0.15, 0.2) is 0 Å². The summed E-state index contributed by atoms with van der Waals surface area (Å²) in [6.07, 6.45) is 1.84. The lowest BCUT2D eigenvalue weighted by Gasteiger charge is -2.04. The van der Waals surface area contributed by atoms with E-state index < -0.39 is 0 Å². The van der Waals surface area contributed by atoms with Gasteiger partial charge in [-0.2, -0.15) is 10.4 Å². The number of anilines is 1. The lowest BCUT2D eigenvalue weighted by Crippen LogP contribution is -2.12. The summed E-state index contributed by atoms with van der Waals surface area (Å²) in [5, 5.41) is 17.3. The molecular formula is C17H22N4OS. The summed E-state index contributed by atoms with van der Waals surface area (Å²) in [6.45, 7) is 7.99. The Labute approximate surface area is 140 Å². The molecule has 0 fully saturated rings. The highest BCUT2D eigenvalue weighted by Crippen LogP contribution is 2.32. The zero-order valence-corrected chi connectivity index (χ0v) is 15.1. The van der Waals surface area contributed by atoms with Crippen molar-refractivity contribution in [3.8, 4) is 6.07 Å². The first-order chi connectivity index (χ1) is 10.9. The molecule has 0 radical (unpaired) electrons. The highest BCUT2D eigenvalue weighted by molar-refractivity contribution is 7.16. The van der Waals surface area contributed by atoms with Gasteiger partial charge in [0.2, 0.25) is 5.91 Å². The minimum Gasteiger partial charge on any atom is -0.317 e. The third-order valence-corrected chi connectivity index (χ3v) is 5.25. The average molecular weight is 330 g/mol. The summed E-state index contributed by atoms with van der Waals surface area (Å²) in [4.78, 5) is 13.3. The molecule has 122 valence electrons. The third-order valence-electron chi connectivity index (χ3n) is 4.19. The first-order valence-corrected chi connectivity index (χ1v) is 8.51. The van der Waals surface area contributed by atoms with E-state index in [0.717, 1.165) is 33.8 Å². The van der Waals surface area contributed by atoms with E-state index in [1.54, 1.807) is 0 Å². The number of carbonyl (C=O) groups is 1. The highest BCUT2D eigenvalue weighted by atomic mass is 32.1. The molecule has 0 saturated carbocycles. The molecule has 1 N–H and O–H groups in total. The largest absolute Gasteiger partial charge is 0.317 e. The van der Waals surface area contributed by atoms with Gasteiger partial charge in [-0.05, 0) is 44.7 Å². The van der Waals surface area contributed by atoms with Gasteiger partial charge in [0.1, 0.15) is 11.1 Å². The van der Waals surface area contributed by atoms with E-state index in [1.165, 1.54) is 11.3 Å². The van der Waals surface area contributed by atoms with Crippen LogP contribution >= 0.6 is 11.3 Å². The van der Waals surface area contributed by atoms with Crippen molar-refractivity contribution in [3.63, 3.8) is 0 Å². The Kier molecular flexibility index (Phi) is 5.22. The molecule has 0 bridgehead atoms. The quantitative estimate of drug-likeness (QED) is 0.913. The van der Waals surface area contributed by atoms with Crippen LogP contribution in [0.15, 0.2) is 0 Å². The molecule has 2 heterocycles. The van der Waals surface area contributed by atoms with Gasteiger partial charge in [-0.15, -0.1) is 11.3 Å². The summed E-state index contributed by atoms with van der Waals surface area (Å²) >= 11 is 1.48. The van der Waals surface area contributed by atoms with Crippen LogP contribution < -0.4 is 5.32 Å². The second-order valence-electron chi connectivity index (χ2n) is 5.63. The van der Waals surface area contributed by atoms with E-state index in [0.29, 0.717) is 23.4 Å². The number of nitrogens with zero attached hydrogens (tertiary/aromatic N) is 3. The monoisotopic (exact) mass is 330 g/mol. The van der Waals surface area contributed by atoms with Crippen LogP contribution in [0.2, 0.25) is 0 Å². The van der Waals surface area contributed by atoms with Gasteiger partial charge in [-0.1, -0.05) is 6.92 Å². The fraction of sp³-hybridized carbons (Fsp3) is 0.471. The number of nitrogens with one attached hydrogen (secondary N) is 1. The van der Waals surface area contributed by atoms with Gasteiger partial charge >= 0.3 is 0 Å².